The molecule has 0 bridgehead atoms. The minimum Gasteiger partial charge on any atom is -0.550 e. The third-order valence-corrected chi connectivity index (χ3v) is 2.44. The zero-order valence-corrected chi connectivity index (χ0v) is 9.30. The number of hydrogen-bond donors (Lipinski definition) is 1. The van der Waals surface area contributed by atoms with Crippen LogP contribution in [0.5, 0.6) is 0 Å². The van der Waals surface area contributed by atoms with E-state index in [-0.39, 0.29) is 12.8 Å². The second-order valence-electron chi connectivity index (χ2n) is 3.76. The van der Waals surface area contributed by atoms with Crippen LogP contribution in [0.4, 0.5) is 0 Å². The van der Waals surface area contributed by atoms with E-state index < -0.39 is 18.0 Å². The zero-order chi connectivity index (χ0) is 12.7. The molecule has 0 heterocycles. The molecule has 5 nitrogen and oxygen atoms in total. The fourth-order valence-electron chi connectivity index (χ4n) is 1.50. The predicted octanol–water partition coefficient (Wildman–Crippen LogP) is -2.60. The minimum atomic E-state index is -1.25. The fraction of sp³-hybridized carbons (Fsp3) is 0.333. The van der Waals surface area contributed by atoms with E-state index in [1.54, 1.807) is 5.32 Å². The molecule has 0 spiro atoms. The van der Waals surface area contributed by atoms with Gasteiger partial charge in [0.2, 0.25) is 0 Å². The molecule has 0 radical (unpaired) electrons. The second-order valence-corrected chi connectivity index (χ2v) is 3.76. The number of aliphatic carboxylic acids is 2. The fourth-order valence-corrected chi connectivity index (χ4v) is 1.50. The molecular weight excluding hydrogens is 222 g/mol. The third-order valence-electron chi connectivity index (χ3n) is 2.44. The van der Waals surface area contributed by atoms with Crippen molar-refractivity contribution in [3.05, 3.63) is 35.9 Å². The molecule has 0 saturated heterocycles. The van der Waals surface area contributed by atoms with Crippen molar-refractivity contribution >= 4 is 11.9 Å². The van der Waals surface area contributed by atoms with E-state index in [0.717, 1.165) is 5.56 Å². The Hall–Kier alpha value is -1.88. The molecule has 0 aromatic heterocycles. The predicted molar refractivity (Wildman–Crippen MR) is 55.1 cm³/mol. The molecule has 0 fully saturated rings. The molecule has 0 saturated carbocycles. The van der Waals surface area contributed by atoms with E-state index in [2.05, 4.69) is 0 Å². The van der Waals surface area contributed by atoms with Crippen molar-refractivity contribution in [2.75, 3.05) is 0 Å². The molecule has 0 aliphatic heterocycles. The number of carbonyl (C=O) groups is 2. The van der Waals surface area contributed by atoms with E-state index in [9.17, 15) is 19.8 Å². The van der Waals surface area contributed by atoms with Crippen LogP contribution in [0.2, 0.25) is 0 Å². The molecule has 0 unspecified atom stereocenters. The molecule has 1 rings (SSSR count). The maximum absolute atomic E-state index is 10.8. The van der Waals surface area contributed by atoms with Crippen LogP contribution in [0.15, 0.2) is 30.3 Å². The largest absolute Gasteiger partial charge is 0.550 e. The van der Waals surface area contributed by atoms with Crippen LogP contribution in [0.3, 0.4) is 0 Å². The lowest BCUT2D eigenvalue weighted by molar-refractivity contribution is -0.698. The Balaban J connectivity index is 2.45. The lowest BCUT2D eigenvalue weighted by atomic mass is 10.1. The molecule has 17 heavy (non-hydrogen) atoms. The summed E-state index contributed by atoms with van der Waals surface area (Å²) >= 11 is 0. The summed E-state index contributed by atoms with van der Waals surface area (Å²) in [6.07, 6.45) is -0.262. The first-order chi connectivity index (χ1) is 8.09. The van der Waals surface area contributed by atoms with Crippen LogP contribution < -0.4 is 15.5 Å². The van der Waals surface area contributed by atoms with Crippen molar-refractivity contribution in [1.29, 1.82) is 0 Å². The van der Waals surface area contributed by atoms with Gasteiger partial charge in [-0.3, -0.25) is 0 Å². The highest BCUT2D eigenvalue weighted by Crippen LogP contribution is 1.96. The Bertz CT molecular complexity index is 377. The van der Waals surface area contributed by atoms with Crippen molar-refractivity contribution < 1.29 is 25.1 Å². The topological polar surface area (TPSA) is 96.9 Å². The number of nitrogens with two attached hydrogens (primary N) is 1. The number of hydrogen-bond acceptors (Lipinski definition) is 4. The quantitative estimate of drug-likeness (QED) is 0.561. The summed E-state index contributed by atoms with van der Waals surface area (Å²) in [4.78, 5) is 21.0. The average molecular weight is 236 g/mol. The van der Waals surface area contributed by atoms with Crippen LogP contribution in [0, 0.1) is 0 Å². The molecule has 0 aliphatic carbocycles. The van der Waals surface area contributed by atoms with Crippen molar-refractivity contribution in [3.63, 3.8) is 0 Å². The highest BCUT2D eigenvalue weighted by atomic mass is 16.4. The van der Waals surface area contributed by atoms with Crippen molar-refractivity contribution in [3.8, 4) is 0 Å². The van der Waals surface area contributed by atoms with Gasteiger partial charge in [-0.15, -0.1) is 0 Å². The maximum atomic E-state index is 10.8. The molecule has 1 aromatic rings. The summed E-state index contributed by atoms with van der Waals surface area (Å²) in [6, 6.07) is 8.49. The van der Waals surface area contributed by atoms with Gasteiger partial charge >= 0.3 is 0 Å². The van der Waals surface area contributed by atoms with Gasteiger partial charge in [-0.1, -0.05) is 30.3 Å². The average Bonchev–Trinajstić information content (AvgIpc) is 2.29. The molecular formula is C12H14NO4-. The Morgan fingerprint density at radius 2 is 1.82 bits per heavy atom. The van der Waals surface area contributed by atoms with Crippen molar-refractivity contribution in [2.45, 2.75) is 25.4 Å². The Kier molecular flexibility index (Phi) is 5.16. The van der Waals surface area contributed by atoms with Gasteiger partial charge in [0.15, 0.2) is 0 Å². The molecule has 0 aliphatic rings. The summed E-state index contributed by atoms with van der Waals surface area (Å²) in [5.74, 6) is -2.49. The first kappa shape index (κ1) is 13.2. The second kappa shape index (κ2) is 6.65. The van der Waals surface area contributed by atoms with Gasteiger partial charge in [-0.2, -0.15) is 0 Å². The van der Waals surface area contributed by atoms with Crippen molar-refractivity contribution in [1.82, 2.24) is 0 Å². The van der Waals surface area contributed by atoms with Crippen LogP contribution in [-0.4, -0.2) is 18.0 Å². The maximum Gasteiger partial charge on any atom is 0.127 e. The number of benzene rings is 1. The summed E-state index contributed by atoms with van der Waals surface area (Å²) in [6.45, 7) is 0.479. The zero-order valence-electron chi connectivity index (χ0n) is 9.30. The van der Waals surface area contributed by atoms with Crippen LogP contribution in [-0.2, 0) is 16.1 Å². The molecule has 1 atom stereocenters. The first-order valence-corrected chi connectivity index (χ1v) is 5.37. The SMILES string of the molecule is O=C([O-])CC[C@@H]([NH2+]Cc1ccccc1)C(=O)[O-]. The highest BCUT2D eigenvalue weighted by Gasteiger charge is 2.12. The molecule has 2 N–H and O–H groups in total. The number of carboxylic acid groups (broad SMARTS) is 2. The van der Waals surface area contributed by atoms with E-state index in [4.69, 9.17) is 0 Å². The van der Waals surface area contributed by atoms with Gasteiger partial charge in [0.25, 0.3) is 0 Å². The minimum absolute atomic E-state index is 0.0114. The number of carbonyl (C=O) groups excluding carboxylic acids is 2. The van der Waals surface area contributed by atoms with E-state index in [1.165, 1.54) is 0 Å². The highest BCUT2D eigenvalue weighted by molar-refractivity contribution is 5.71. The number of carboxylic acids is 2. The first-order valence-electron chi connectivity index (χ1n) is 5.37. The lowest BCUT2D eigenvalue weighted by Crippen LogP contribution is -2.91. The van der Waals surface area contributed by atoms with Gasteiger partial charge in [0.1, 0.15) is 12.6 Å². The molecule has 92 valence electrons. The van der Waals surface area contributed by atoms with E-state index >= 15 is 0 Å². The monoisotopic (exact) mass is 236 g/mol. The van der Waals surface area contributed by atoms with Crippen LogP contribution in [0.1, 0.15) is 18.4 Å². The number of rotatable bonds is 7. The smallest absolute Gasteiger partial charge is 0.127 e. The summed E-state index contributed by atoms with van der Waals surface area (Å²) in [5.41, 5.74) is 0.979. The van der Waals surface area contributed by atoms with E-state index in [1.807, 2.05) is 30.3 Å². The van der Waals surface area contributed by atoms with Gasteiger partial charge in [0, 0.05) is 18.0 Å². The Labute approximate surface area is 99.1 Å². The summed E-state index contributed by atoms with van der Waals surface area (Å²) in [7, 11) is 0. The third kappa shape index (κ3) is 5.12. The summed E-state index contributed by atoms with van der Waals surface area (Å²) < 4.78 is 0. The van der Waals surface area contributed by atoms with Gasteiger partial charge < -0.3 is 25.1 Å². The van der Waals surface area contributed by atoms with Crippen LogP contribution in [0.25, 0.3) is 0 Å². The summed E-state index contributed by atoms with van der Waals surface area (Å²) in [5, 5.41) is 22.6. The Morgan fingerprint density at radius 1 is 1.18 bits per heavy atom. The van der Waals surface area contributed by atoms with Crippen LogP contribution >= 0.6 is 0 Å². The lowest BCUT2D eigenvalue weighted by Gasteiger charge is -2.16. The van der Waals surface area contributed by atoms with Gasteiger partial charge in [0.05, 0.1) is 5.97 Å². The Morgan fingerprint density at radius 3 is 2.35 bits per heavy atom. The van der Waals surface area contributed by atoms with E-state index in [0.29, 0.717) is 6.54 Å². The molecule has 0 amide bonds. The molecule has 1 aromatic carbocycles. The standard InChI is InChI=1S/C12H15NO4/c14-11(15)7-6-10(12(16)17)13-8-9-4-2-1-3-5-9/h1-5,10,13H,6-8H2,(H,14,15)(H,16,17)/p-1/t10-/m1/s1. The van der Waals surface area contributed by atoms with Gasteiger partial charge in [-0.05, 0) is 6.42 Å². The van der Waals surface area contributed by atoms with Gasteiger partial charge in [-0.25, -0.2) is 0 Å². The molecule has 5 heteroatoms. The number of quaternary nitrogens is 1. The van der Waals surface area contributed by atoms with Crippen molar-refractivity contribution in [2.24, 2.45) is 0 Å². The normalized spacial score (nSPS) is 12.0.